The lowest BCUT2D eigenvalue weighted by atomic mass is 10.1. The summed E-state index contributed by atoms with van der Waals surface area (Å²) in [5.74, 6) is -0.614. The highest BCUT2D eigenvalue weighted by Gasteiger charge is 2.14. The van der Waals surface area contributed by atoms with Crippen molar-refractivity contribution < 1.29 is 14.3 Å². The van der Waals surface area contributed by atoms with E-state index in [9.17, 15) is 14.3 Å². The topological polar surface area (TPSA) is 80.0 Å². The van der Waals surface area contributed by atoms with Crippen molar-refractivity contribution in [1.82, 2.24) is 14.8 Å². The average molecular weight is 312 g/mol. The summed E-state index contributed by atoms with van der Waals surface area (Å²) in [5, 5.41) is 16.5. The number of carboxylic acids is 1. The highest BCUT2D eigenvalue weighted by Crippen LogP contribution is 2.24. The van der Waals surface area contributed by atoms with Gasteiger partial charge in [-0.25, -0.2) is 14.2 Å². The summed E-state index contributed by atoms with van der Waals surface area (Å²) in [6.07, 6.45) is 1.63. The van der Waals surface area contributed by atoms with E-state index in [0.717, 1.165) is 12.1 Å². The Bertz CT molecular complexity index is 862. The molecule has 0 radical (unpaired) electrons. The number of anilines is 2. The molecule has 7 heteroatoms. The second kappa shape index (κ2) is 5.88. The van der Waals surface area contributed by atoms with E-state index < -0.39 is 11.8 Å². The third-order valence-corrected chi connectivity index (χ3v) is 3.17. The molecule has 0 amide bonds. The molecule has 23 heavy (non-hydrogen) atoms. The van der Waals surface area contributed by atoms with Gasteiger partial charge in [0.15, 0.2) is 5.82 Å². The number of nitrogens with zero attached hydrogens (tertiary/aromatic N) is 3. The third-order valence-electron chi connectivity index (χ3n) is 3.17. The van der Waals surface area contributed by atoms with Crippen molar-refractivity contribution in [1.29, 1.82) is 0 Å². The van der Waals surface area contributed by atoms with Gasteiger partial charge in [-0.05, 0) is 37.3 Å². The number of pyridine rings is 1. The van der Waals surface area contributed by atoms with Gasteiger partial charge in [-0.1, -0.05) is 6.07 Å². The van der Waals surface area contributed by atoms with Crippen LogP contribution in [0.1, 0.15) is 16.1 Å². The summed E-state index contributed by atoms with van der Waals surface area (Å²) < 4.78 is 15.0. The van der Waals surface area contributed by atoms with Crippen molar-refractivity contribution in [2.24, 2.45) is 0 Å². The average Bonchev–Trinajstić information content (AvgIpc) is 2.88. The van der Waals surface area contributed by atoms with Crippen molar-refractivity contribution in [3.63, 3.8) is 0 Å². The molecule has 0 fully saturated rings. The Balaban J connectivity index is 2.05. The molecule has 0 saturated heterocycles. The minimum Gasteiger partial charge on any atom is -0.478 e. The lowest BCUT2D eigenvalue weighted by Crippen LogP contribution is -2.07. The van der Waals surface area contributed by atoms with Crippen LogP contribution in [0.2, 0.25) is 0 Å². The number of hydrogen-bond donors (Lipinski definition) is 2. The van der Waals surface area contributed by atoms with E-state index in [2.05, 4.69) is 15.4 Å². The van der Waals surface area contributed by atoms with Gasteiger partial charge in [-0.15, -0.1) is 0 Å². The Morgan fingerprint density at radius 2 is 2.09 bits per heavy atom. The number of hydrogen-bond acceptors (Lipinski definition) is 4. The van der Waals surface area contributed by atoms with E-state index in [0.29, 0.717) is 17.3 Å². The van der Waals surface area contributed by atoms with E-state index in [4.69, 9.17) is 0 Å². The van der Waals surface area contributed by atoms with Crippen molar-refractivity contribution >= 4 is 17.5 Å². The molecule has 116 valence electrons. The van der Waals surface area contributed by atoms with E-state index >= 15 is 0 Å². The number of halogens is 1. The molecule has 2 aromatic heterocycles. The van der Waals surface area contributed by atoms with Gasteiger partial charge in [0.2, 0.25) is 0 Å². The fourth-order valence-corrected chi connectivity index (χ4v) is 2.19. The second-order valence-electron chi connectivity index (χ2n) is 4.89. The van der Waals surface area contributed by atoms with Crippen LogP contribution in [0.3, 0.4) is 0 Å². The summed E-state index contributed by atoms with van der Waals surface area (Å²) in [6.45, 7) is 1.80. The lowest BCUT2D eigenvalue weighted by molar-refractivity contribution is 0.0698. The maximum absolute atomic E-state index is 13.5. The summed E-state index contributed by atoms with van der Waals surface area (Å²) >= 11 is 0. The Morgan fingerprint density at radius 1 is 1.26 bits per heavy atom. The predicted molar refractivity (Wildman–Crippen MR) is 82.7 cm³/mol. The molecule has 0 aliphatic carbocycles. The van der Waals surface area contributed by atoms with Crippen LogP contribution in [0.25, 0.3) is 5.82 Å². The van der Waals surface area contributed by atoms with Gasteiger partial charge < -0.3 is 10.4 Å². The Hall–Kier alpha value is -3.22. The maximum atomic E-state index is 13.5. The van der Waals surface area contributed by atoms with Gasteiger partial charge in [-0.3, -0.25) is 0 Å². The molecule has 0 atom stereocenters. The van der Waals surface area contributed by atoms with E-state index in [1.165, 1.54) is 10.7 Å². The molecule has 6 nitrogen and oxygen atoms in total. The van der Waals surface area contributed by atoms with Gasteiger partial charge in [-0.2, -0.15) is 9.78 Å². The first-order valence-corrected chi connectivity index (χ1v) is 6.82. The van der Waals surface area contributed by atoms with Crippen LogP contribution < -0.4 is 5.32 Å². The molecule has 1 aromatic carbocycles. The zero-order chi connectivity index (χ0) is 16.4. The van der Waals surface area contributed by atoms with Crippen LogP contribution in [0, 0.1) is 12.7 Å². The fraction of sp³-hybridized carbons (Fsp3) is 0.0625. The number of aryl methyl sites for hydroxylation is 1. The summed E-state index contributed by atoms with van der Waals surface area (Å²) in [4.78, 5) is 15.5. The SMILES string of the molecule is Cc1cc(Nc2cc(F)ccc2C(=O)O)n(-c2ccccn2)n1. The molecule has 0 bridgehead atoms. The summed E-state index contributed by atoms with van der Waals surface area (Å²) in [6, 6.07) is 10.5. The first-order chi connectivity index (χ1) is 11.0. The Kier molecular flexibility index (Phi) is 3.76. The minimum atomic E-state index is -1.15. The van der Waals surface area contributed by atoms with Gasteiger partial charge in [0.05, 0.1) is 16.9 Å². The highest BCUT2D eigenvalue weighted by molar-refractivity contribution is 5.95. The van der Waals surface area contributed by atoms with E-state index in [-0.39, 0.29) is 11.3 Å². The maximum Gasteiger partial charge on any atom is 0.337 e. The number of carbonyl (C=O) groups is 1. The molecule has 0 aliphatic rings. The second-order valence-corrected chi connectivity index (χ2v) is 4.89. The van der Waals surface area contributed by atoms with Crippen molar-refractivity contribution in [3.05, 3.63) is 65.7 Å². The monoisotopic (exact) mass is 312 g/mol. The normalized spacial score (nSPS) is 10.5. The largest absolute Gasteiger partial charge is 0.478 e. The fourth-order valence-electron chi connectivity index (χ4n) is 2.19. The smallest absolute Gasteiger partial charge is 0.337 e. The molecule has 0 aliphatic heterocycles. The first kappa shape index (κ1) is 14.7. The standard InChI is InChI=1S/C16H13FN4O2/c1-10-8-15(21(20-10)14-4-2-3-7-18-14)19-13-9-11(17)5-6-12(13)16(22)23/h2-9,19H,1H3,(H,22,23). The number of benzene rings is 1. The molecular formula is C16H13FN4O2. The predicted octanol–water partition coefficient (Wildman–Crippen LogP) is 3.16. The summed E-state index contributed by atoms with van der Waals surface area (Å²) in [7, 11) is 0. The molecule has 3 rings (SSSR count). The zero-order valence-corrected chi connectivity index (χ0v) is 12.2. The number of nitrogens with one attached hydrogen (secondary N) is 1. The molecule has 0 unspecified atom stereocenters. The Labute approximate surface area is 131 Å². The summed E-state index contributed by atoms with van der Waals surface area (Å²) in [5.41, 5.74) is 0.832. The zero-order valence-electron chi connectivity index (χ0n) is 12.2. The van der Waals surface area contributed by atoms with Crippen LogP contribution in [0.4, 0.5) is 15.9 Å². The van der Waals surface area contributed by atoms with Crippen LogP contribution >= 0.6 is 0 Å². The molecule has 3 aromatic rings. The molecule has 0 spiro atoms. The molecule has 2 N–H and O–H groups in total. The van der Waals surface area contributed by atoms with Crippen molar-refractivity contribution in [2.45, 2.75) is 6.92 Å². The lowest BCUT2D eigenvalue weighted by Gasteiger charge is -2.11. The van der Waals surface area contributed by atoms with Gasteiger partial charge in [0.25, 0.3) is 0 Å². The molecule has 2 heterocycles. The van der Waals surface area contributed by atoms with Crippen LogP contribution in [-0.2, 0) is 0 Å². The van der Waals surface area contributed by atoms with Gasteiger partial charge in [0.1, 0.15) is 11.6 Å². The minimum absolute atomic E-state index is 0.0298. The highest BCUT2D eigenvalue weighted by atomic mass is 19.1. The third kappa shape index (κ3) is 3.03. The van der Waals surface area contributed by atoms with Crippen molar-refractivity contribution in [2.75, 3.05) is 5.32 Å². The van der Waals surface area contributed by atoms with Gasteiger partial charge >= 0.3 is 5.97 Å². The van der Waals surface area contributed by atoms with E-state index in [1.54, 1.807) is 31.3 Å². The quantitative estimate of drug-likeness (QED) is 0.773. The molecule has 0 saturated carbocycles. The van der Waals surface area contributed by atoms with Crippen molar-refractivity contribution in [3.8, 4) is 5.82 Å². The number of rotatable bonds is 4. The number of aromatic carboxylic acids is 1. The van der Waals surface area contributed by atoms with Crippen LogP contribution in [0.5, 0.6) is 0 Å². The van der Waals surface area contributed by atoms with E-state index in [1.807, 2.05) is 6.07 Å². The van der Waals surface area contributed by atoms with Gasteiger partial charge in [0, 0.05) is 12.3 Å². The number of aromatic nitrogens is 3. The molecular weight excluding hydrogens is 299 g/mol. The van der Waals surface area contributed by atoms with Crippen LogP contribution in [0.15, 0.2) is 48.7 Å². The number of carboxylic acid groups (broad SMARTS) is 1. The Morgan fingerprint density at radius 3 is 2.78 bits per heavy atom. The van der Waals surface area contributed by atoms with Crippen LogP contribution in [-0.4, -0.2) is 25.8 Å². The first-order valence-electron chi connectivity index (χ1n) is 6.82.